The first-order valence-electron chi connectivity index (χ1n) is 11.2. The van der Waals surface area contributed by atoms with Gasteiger partial charge in [-0.1, -0.05) is 12.1 Å². The largest absolute Gasteiger partial charge is 0.380 e. The predicted molar refractivity (Wildman–Crippen MR) is 121 cm³/mol. The first-order chi connectivity index (χ1) is 15.5. The van der Waals surface area contributed by atoms with Crippen molar-refractivity contribution in [3.63, 3.8) is 0 Å². The average molecular weight is 438 g/mol. The number of anilines is 1. The first kappa shape index (κ1) is 22.2. The van der Waals surface area contributed by atoms with Crippen LogP contribution in [-0.2, 0) is 29.1 Å². The Balaban J connectivity index is 1.52. The van der Waals surface area contributed by atoms with Gasteiger partial charge in [0.25, 0.3) is 5.91 Å². The van der Waals surface area contributed by atoms with E-state index in [4.69, 9.17) is 14.7 Å². The summed E-state index contributed by atoms with van der Waals surface area (Å²) in [6, 6.07) is 7.62. The van der Waals surface area contributed by atoms with Crippen molar-refractivity contribution in [2.45, 2.75) is 45.3 Å². The molecule has 4 rings (SSSR count). The minimum Gasteiger partial charge on any atom is -0.380 e. The number of aromatic nitrogens is 2. The molecule has 2 aliphatic rings. The topological polar surface area (TPSA) is 87.7 Å². The van der Waals surface area contributed by atoms with Gasteiger partial charge in [-0.3, -0.25) is 9.59 Å². The summed E-state index contributed by atoms with van der Waals surface area (Å²) in [6.45, 7) is 4.70. The van der Waals surface area contributed by atoms with Crippen molar-refractivity contribution in [1.29, 1.82) is 0 Å². The van der Waals surface area contributed by atoms with Gasteiger partial charge in [0, 0.05) is 64.2 Å². The van der Waals surface area contributed by atoms with Gasteiger partial charge in [0.15, 0.2) is 0 Å². The molecule has 1 aromatic heterocycles. The monoisotopic (exact) mass is 437 g/mol. The molecule has 0 aliphatic carbocycles. The number of ether oxygens (including phenoxy) is 1. The Morgan fingerprint density at radius 2 is 1.94 bits per heavy atom. The van der Waals surface area contributed by atoms with Crippen molar-refractivity contribution in [3.8, 4) is 0 Å². The maximum absolute atomic E-state index is 13.1. The maximum atomic E-state index is 13.1. The predicted octanol–water partition coefficient (Wildman–Crippen LogP) is 2.59. The zero-order chi connectivity index (χ0) is 22.7. The second-order valence-electron chi connectivity index (χ2n) is 8.52. The first-order valence-corrected chi connectivity index (χ1v) is 11.2. The van der Waals surface area contributed by atoms with Gasteiger partial charge >= 0.3 is 0 Å². The molecule has 170 valence electrons. The Hall–Kier alpha value is -3.00. The van der Waals surface area contributed by atoms with Gasteiger partial charge in [-0.25, -0.2) is 9.97 Å². The quantitative estimate of drug-likeness (QED) is 0.774. The lowest BCUT2D eigenvalue weighted by atomic mass is 9.95. The van der Waals surface area contributed by atoms with Crippen LogP contribution >= 0.6 is 0 Å². The number of piperidine rings is 1. The molecule has 0 spiro atoms. The van der Waals surface area contributed by atoms with Crippen LogP contribution in [0.5, 0.6) is 0 Å². The van der Waals surface area contributed by atoms with E-state index in [9.17, 15) is 9.59 Å². The zero-order valence-electron chi connectivity index (χ0n) is 19.1. The molecule has 2 amide bonds. The van der Waals surface area contributed by atoms with Crippen LogP contribution in [0, 0.1) is 0 Å². The molecule has 8 heteroatoms. The molecule has 0 saturated carbocycles. The van der Waals surface area contributed by atoms with Crippen molar-refractivity contribution >= 4 is 17.6 Å². The number of rotatable bonds is 5. The van der Waals surface area contributed by atoms with Crippen LogP contribution in [0.15, 0.2) is 24.3 Å². The summed E-state index contributed by atoms with van der Waals surface area (Å²) in [5, 5.41) is 3.19. The molecule has 0 radical (unpaired) electrons. The van der Waals surface area contributed by atoms with Gasteiger partial charge in [0.05, 0.1) is 18.8 Å². The van der Waals surface area contributed by atoms with Crippen LogP contribution in [0.1, 0.15) is 58.7 Å². The van der Waals surface area contributed by atoms with Crippen molar-refractivity contribution < 1.29 is 14.3 Å². The van der Waals surface area contributed by atoms with E-state index in [1.54, 1.807) is 14.0 Å². The maximum Gasteiger partial charge on any atom is 0.253 e. The molecule has 1 atom stereocenters. The van der Waals surface area contributed by atoms with Crippen molar-refractivity contribution in [2.24, 2.45) is 0 Å². The summed E-state index contributed by atoms with van der Waals surface area (Å²) in [7, 11) is 3.51. The Bertz CT molecular complexity index is 975. The lowest BCUT2D eigenvalue weighted by molar-refractivity contribution is -0.129. The van der Waals surface area contributed by atoms with E-state index in [1.165, 1.54) is 0 Å². The molecular weight excluding hydrogens is 406 g/mol. The van der Waals surface area contributed by atoms with Gasteiger partial charge < -0.3 is 19.9 Å². The van der Waals surface area contributed by atoms with Crippen LogP contribution in [0.4, 0.5) is 5.82 Å². The molecule has 0 bridgehead atoms. The van der Waals surface area contributed by atoms with Gasteiger partial charge in [-0.15, -0.1) is 0 Å². The van der Waals surface area contributed by atoms with E-state index >= 15 is 0 Å². The standard InChI is InChI=1S/C24H31N5O3/c1-16(30)28-12-10-21-20(14-28)23(25-2)27-22(26-21)19-5-4-11-29(13-19)24(31)18-8-6-17(7-9-18)15-32-3/h6-9,19H,4-5,10-15H2,1-3H3,(H,25,26,27)/t19-/m1/s1. The lowest BCUT2D eigenvalue weighted by Crippen LogP contribution is -2.40. The van der Waals surface area contributed by atoms with Crippen molar-refractivity contribution in [1.82, 2.24) is 19.8 Å². The van der Waals surface area contributed by atoms with E-state index in [0.29, 0.717) is 31.8 Å². The second-order valence-corrected chi connectivity index (χ2v) is 8.52. The minimum absolute atomic E-state index is 0.0440. The summed E-state index contributed by atoms with van der Waals surface area (Å²) >= 11 is 0. The van der Waals surface area contributed by atoms with Crippen LogP contribution < -0.4 is 5.32 Å². The van der Waals surface area contributed by atoms with E-state index in [-0.39, 0.29) is 17.7 Å². The zero-order valence-corrected chi connectivity index (χ0v) is 19.1. The third-order valence-electron chi connectivity index (χ3n) is 6.35. The number of hydrogen-bond acceptors (Lipinski definition) is 6. The molecule has 1 saturated heterocycles. The molecule has 2 aromatic rings. The van der Waals surface area contributed by atoms with E-state index in [1.807, 2.05) is 41.1 Å². The van der Waals surface area contributed by atoms with Gasteiger partial charge in [-0.2, -0.15) is 0 Å². The smallest absolute Gasteiger partial charge is 0.253 e. The molecule has 2 aliphatic heterocycles. The molecular formula is C24H31N5O3. The number of carbonyl (C=O) groups is 2. The normalized spacial score (nSPS) is 18.3. The average Bonchev–Trinajstić information content (AvgIpc) is 2.83. The van der Waals surface area contributed by atoms with Gasteiger partial charge in [-0.05, 0) is 30.5 Å². The minimum atomic E-state index is 0.0440. The van der Waals surface area contributed by atoms with Gasteiger partial charge in [0.1, 0.15) is 11.6 Å². The van der Waals surface area contributed by atoms with E-state index < -0.39 is 0 Å². The second kappa shape index (κ2) is 9.65. The third kappa shape index (κ3) is 4.60. The molecule has 1 N–H and O–H groups in total. The Morgan fingerprint density at radius 3 is 2.62 bits per heavy atom. The van der Waals surface area contributed by atoms with Crippen molar-refractivity contribution in [2.75, 3.05) is 39.1 Å². The molecule has 8 nitrogen and oxygen atoms in total. The number of fused-ring (bicyclic) bond motifs is 1. The Labute approximate surface area is 189 Å². The fourth-order valence-corrected chi connectivity index (χ4v) is 4.56. The lowest BCUT2D eigenvalue weighted by Gasteiger charge is -2.33. The highest BCUT2D eigenvalue weighted by Gasteiger charge is 2.30. The number of likely N-dealkylation sites (tertiary alicyclic amines) is 1. The molecule has 1 aromatic carbocycles. The van der Waals surface area contributed by atoms with Crippen LogP contribution in [0.3, 0.4) is 0 Å². The highest BCUT2D eigenvalue weighted by Crippen LogP contribution is 2.30. The number of carbonyl (C=O) groups excluding carboxylic acids is 2. The third-order valence-corrected chi connectivity index (χ3v) is 6.35. The molecule has 1 fully saturated rings. The molecule has 32 heavy (non-hydrogen) atoms. The number of nitrogens with zero attached hydrogens (tertiary/aromatic N) is 4. The summed E-state index contributed by atoms with van der Waals surface area (Å²) < 4.78 is 5.15. The van der Waals surface area contributed by atoms with E-state index in [2.05, 4.69) is 5.32 Å². The van der Waals surface area contributed by atoms with Crippen molar-refractivity contribution in [3.05, 3.63) is 52.5 Å². The Kier molecular flexibility index (Phi) is 6.69. The summed E-state index contributed by atoms with van der Waals surface area (Å²) in [5.74, 6) is 1.79. The summed E-state index contributed by atoms with van der Waals surface area (Å²) in [5.41, 5.74) is 3.75. The van der Waals surface area contributed by atoms with E-state index in [0.717, 1.165) is 54.3 Å². The number of amides is 2. The Morgan fingerprint density at radius 1 is 1.16 bits per heavy atom. The SMILES string of the molecule is CNc1nc([C@@H]2CCCN(C(=O)c3ccc(COC)cc3)C2)nc2c1CN(C(C)=O)CC2. The fourth-order valence-electron chi connectivity index (χ4n) is 4.56. The summed E-state index contributed by atoms with van der Waals surface area (Å²) in [6.07, 6.45) is 2.60. The van der Waals surface area contributed by atoms with Crippen LogP contribution in [0.2, 0.25) is 0 Å². The summed E-state index contributed by atoms with van der Waals surface area (Å²) in [4.78, 5) is 38.4. The highest BCUT2D eigenvalue weighted by atomic mass is 16.5. The molecule has 0 unspecified atom stereocenters. The highest BCUT2D eigenvalue weighted by molar-refractivity contribution is 5.94. The van der Waals surface area contributed by atoms with Gasteiger partial charge in [0.2, 0.25) is 5.91 Å². The fraction of sp³-hybridized carbons (Fsp3) is 0.500. The number of nitrogens with one attached hydrogen (secondary N) is 1. The van der Waals surface area contributed by atoms with Crippen LogP contribution in [0.25, 0.3) is 0 Å². The number of methoxy groups -OCH3 is 1. The number of hydrogen-bond donors (Lipinski definition) is 1. The van der Waals surface area contributed by atoms with Crippen LogP contribution in [-0.4, -0.2) is 65.4 Å². The molecule has 3 heterocycles. The number of benzene rings is 1.